The Bertz CT molecular complexity index is 290. The minimum absolute atomic E-state index is 0.713. The molecule has 4 nitrogen and oxygen atoms in total. The van der Waals surface area contributed by atoms with E-state index in [2.05, 4.69) is 20.5 Å². The standard InChI is InChI=1S/C8H10N4S/c13-8-10-5-12(6-11-8)7-1-3-9-4-2-7/h1-4H,5-6H2,(H2,10,11,13). The maximum Gasteiger partial charge on any atom is 0.169 e. The Labute approximate surface area is 82.0 Å². The molecule has 1 aliphatic heterocycles. The molecule has 0 aromatic carbocycles. The lowest BCUT2D eigenvalue weighted by molar-refractivity contribution is 0.672. The lowest BCUT2D eigenvalue weighted by Crippen LogP contribution is -2.54. The topological polar surface area (TPSA) is 40.2 Å². The van der Waals surface area contributed by atoms with E-state index in [1.165, 1.54) is 0 Å². The van der Waals surface area contributed by atoms with Crippen LogP contribution in [0.5, 0.6) is 0 Å². The Hall–Kier alpha value is -1.36. The van der Waals surface area contributed by atoms with Gasteiger partial charge in [0.25, 0.3) is 0 Å². The second-order valence-electron chi connectivity index (χ2n) is 2.74. The number of hydrogen-bond donors (Lipinski definition) is 2. The van der Waals surface area contributed by atoms with Gasteiger partial charge in [0.15, 0.2) is 5.11 Å². The molecule has 13 heavy (non-hydrogen) atoms. The van der Waals surface area contributed by atoms with Crippen molar-refractivity contribution < 1.29 is 0 Å². The Morgan fingerprint density at radius 1 is 1.23 bits per heavy atom. The quantitative estimate of drug-likeness (QED) is 0.628. The number of rotatable bonds is 1. The highest BCUT2D eigenvalue weighted by Crippen LogP contribution is 2.10. The molecule has 5 heteroatoms. The zero-order valence-corrected chi connectivity index (χ0v) is 7.84. The summed E-state index contributed by atoms with van der Waals surface area (Å²) in [4.78, 5) is 6.10. The Morgan fingerprint density at radius 2 is 1.85 bits per heavy atom. The molecular weight excluding hydrogens is 184 g/mol. The van der Waals surface area contributed by atoms with E-state index in [1.807, 2.05) is 12.1 Å². The van der Waals surface area contributed by atoms with Gasteiger partial charge in [0.2, 0.25) is 0 Å². The summed E-state index contributed by atoms with van der Waals surface area (Å²) in [5.41, 5.74) is 1.14. The molecule has 0 atom stereocenters. The first-order chi connectivity index (χ1) is 6.36. The number of thiocarbonyl (C=S) groups is 1. The van der Waals surface area contributed by atoms with Crippen molar-refractivity contribution >= 4 is 23.0 Å². The van der Waals surface area contributed by atoms with Gasteiger partial charge in [-0.25, -0.2) is 0 Å². The molecule has 68 valence electrons. The largest absolute Gasteiger partial charge is 0.345 e. The average molecular weight is 194 g/mol. The summed E-state index contributed by atoms with van der Waals surface area (Å²) < 4.78 is 0. The van der Waals surface area contributed by atoms with E-state index >= 15 is 0 Å². The lowest BCUT2D eigenvalue weighted by Gasteiger charge is -2.31. The average Bonchev–Trinajstić information content (AvgIpc) is 2.20. The molecule has 1 aliphatic rings. The van der Waals surface area contributed by atoms with E-state index in [0.29, 0.717) is 5.11 Å². The first-order valence-electron chi connectivity index (χ1n) is 4.03. The molecule has 0 spiro atoms. The van der Waals surface area contributed by atoms with Crippen LogP contribution in [-0.2, 0) is 0 Å². The summed E-state index contributed by atoms with van der Waals surface area (Å²) in [6, 6.07) is 3.94. The molecule has 2 heterocycles. The van der Waals surface area contributed by atoms with Gasteiger partial charge in [-0.05, 0) is 24.4 Å². The molecule has 0 saturated carbocycles. The number of anilines is 1. The highest BCUT2D eigenvalue weighted by atomic mass is 32.1. The highest BCUT2D eigenvalue weighted by molar-refractivity contribution is 7.80. The maximum absolute atomic E-state index is 4.95. The summed E-state index contributed by atoms with van der Waals surface area (Å²) in [5.74, 6) is 0. The van der Waals surface area contributed by atoms with Crippen LogP contribution in [0.2, 0.25) is 0 Å². The fraction of sp³-hybridized carbons (Fsp3) is 0.250. The van der Waals surface area contributed by atoms with E-state index in [4.69, 9.17) is 12.2 Å². The summed E-state index contributed by atoms with van der Waals surface area (Å²) >= 11 is 4.95. The van der Waals surface area contributed by atoms with Crippen LogP contribution in [0, 0.1) is 0 Å². The second kappa shape index (κ2) is 3.57. The number of aromatic nitrogens is 1. The monoisotopic (exact) mass is 194 g/mol. The predicted molar refractivity (Wildman–Crippen MR) is 55.3 cm³/mol. The number of nitrogens with zero attached hydrogens (tertiary/aromatic N) is 2. The fourth-order valence-electron chi connectivity index (χ4n) is 1.19. The van der Waals surface area contributed by atoms with Gasteiger partial charge in [-0.3, -0.25) is 4.98 Å². The van der Waals surface area contributed by atoms with Gasteiger partial charge in [0.05, 0.1) is 13.3 Å². The van der Waals surface area contributed by atoms with Crippen LogP contribution in [0.15, 0.2) is 24.5 Å². The van der Waals surface area contributed by atoms with Crippen molar-refractivity contribution in [1.82, 2.24) is 15.6 Å². The van der Waals surface area contributed by atoms with Crippen molar-refractivity contribution in [3.63, 3.8) is 0 Å². The SMILES string of the molecule is S=C1NCN(c2ccncc2)CN1. The molecular formula is C8H10N4S. The summed E-state index contributed by atoms with van der Waals surface area (Å²) in [7, 11) is 0. The molecule has 2 rings (SSSR count). The van der Waals surface area contributed by atoms with Crippen LogP contribution in [0.1, 0.15) is 0 Å². The van der Waals surface area contributed by atoms with Crippen LogP contribution in [-0.4, -0.2) is 23.4 Å². The normalized spacial score (nSPS) is 16.3. The van der Waals surface area contributed by atoms with Crippen LogP contribution in [0.3, 0.4) is 0 Å². The van der Waals surface area contributed by atoms with Gasteiger partial charge in [0, 0.05) is 18.1 Å². The third-order valence-electron chi connectivity index (χ3n) is 1.89. The Balaban J connectivity index is 2.07. The van der Waals surface area contributed by atoms with Gasteiger partial charge in [-0.15, -0.1) is 0 Å². The van der Waals surface area contributed by atoms with Gasteiger partial charge >= 0.3 is 0 Å². The second-order valence-corrected chi connectivity index (χ2v) is 3.15. The molecule has 0 bridgehead atoms. The zero-order chi connectivity index (χ0) is 9.10. The van der Waals surface area contributed by atoms with Crippen molar-refractivity contribution in [2.24, 2.45) is 0 Å². The first-order valence-corrected chi connectivity index (χ1v) is 4.44. The molecule has 1 saturated heterocycles. The summed E-state index contributed by atoms with van der Waals surface area (Å²) in [6.45, 7) is 1.49. The Morgan fingerprint density at radius 3 is 2.46 bits per heavy atom. The molecule has 0 amide bonds. The van der Waals surface area contributed by atoms with Crippen LogP contribution < -0.4 is 15.5 Å². The highest BCUT2D eigenvalue weighted by Gasteiger charge is 2.11. The molecule has 0 unspecified atom stereocenters. The zero-order valence-electron chi connectivity index (χ0n) is 7.03. The third-order valence-corrected chi connectivity index (χ3v) is 2.18. The maximum atomic E-state index is 4.95. The predicted octanol–water partition coefficient (Wildman–Crippen LogP) is 0.281. The summed E-state index contributed by atoms with van der Waals surface area (Å²) in [5, 5.41) is 6.83. The molecule has 0 radical (unpaired) electrons. The number of nitrogens with one attached hydrogen (secondary N) is 2. The molecule has 0 aliphatic carbocycles. The number of pyridine rings is 1. The van der Waals surface area contributed by atoms with E-state index in [0.717, 1.165) is 19.0 Å². The van der Waals surface area contributed by atoms with Crippen molar-refractivity contribution in [3.8, 4) is 0 Å². The molecule has 1 aromatic heterocycles. The molecule has 1 aromatic rings. The van der Waals surface area contributed by atoms with Gasteiger partial charge < -0.3 is 15.5 Å². The lowest BCUT2D eigenvalue weighted by atomic mass is 10.4. The van der Waals surface area contributed by atoms with E-state index < -0.39 is 0 Å². The number of hydrogen-bond acceptors (Lipinski definition) is 3. The first kappa shape index (κ1) is 8.25. The van der Waals surface area contributed by atoms with Gasteiger partial charge in [0.1, 0.15) is 0 Å². The van der Waals surface area contributed by atoms with E-state index in [9.17, 15) is 0 Å². The molecule has 2 N–H and O–H groups in total. The van der Waals surface area contributed by atoms with Gasteiger partial charge in [-0.2, -0.15) is 0 Å². The minimum atomic E-state index is 0.713. The van der Waals surface area contributed by atoms with E-state index in [1.54, 1.807) is 12.4 Å². The Kier molecular flexibility index (Phi) is 2.27. The van der Waals surface area contributed by atoms with Crippen molar-refractivity contribution in [2.45, 2.75) is 0 Å². The van der Waals surface area contributed by atoms with Crippen LogP contribution in [0.4, 0.5) is 5.69 Å². The van der Waals surface area contributed by atoms with Crippen LogP contribution in [0.25, 0.3) is 0 Å². The van der Waals surface area contributed by atoms with Crippen molar-refractivity contribution in [3.05, 3.63) is 24.5 Å². The van der Waals surface area contributed by atoms with Crippen molar-refractivity contribution in [2.75, 3.05) is 18.2 Å². The van der Waals surface area contributed by atoms with E-state index in [-0.39, 0.29) is 0 Å². The van der Waals surface area contributed by atoms with Gasteiger partial charge in [-0.1, -0.05) is 0 Å². The third kappa shape index (κ3) is 1.86. The molecule has 1 fully saturated rings. The smallest absolute Gasteiger partial charge is 0.169 e. The minimum Gasteiger partial charge on any atom is -0.345 e. The summed E-state index contributed by atoms with van der Waals surface area (Å²) in [6.07, 6.45) is 3.56. The van der Waals surface area contributed by atoms with Crippen LogP contribution >= 0.6 is 12.2 Å². The fourth-order valence-corrected chi connectivity index (χ4v) is 1.32. The van der Waals surface area contributed by atoms with Crippen molar-refractivity contribution in [1.29, 1.82) is 0 Å².